The predicted molar refractivity (Wildman–Crippen MR) is 72.7 cm³/mol. The molecule has 0 aliphatic heterocycles. The highest BCUT2D eigenvalue weighted by atomic mass is 16.5. The van der Waals surface area contributed by atoms with E-state index < -0.39 is 5.60 Å². The van der Waals surface area contributed by atoms with Gasteiger partial charge in [-0.25, -0.2) is 0 Å². The van der Waals surface area contributed by atoms with Gasteiger partial charge in [-0.2, -0.15) is 0 Å². The number of nitrogens with zero attached hydrogens (tertiary/aromatic N) is 1. The summed E-state index contributed by atoms with van der Waals surface area (Å²) in [4.78, 5) is 4.37. The van der Waals surface area contributed by atoms with Crippen LogP contribution in [0.5, 0.6) is 0 Å². The van der Waals surface area contributed by atoms with Crippen molar-refractivity contribution in [2.75, 3.05) is 26.8 Å². The Bertz CT molecular complexity index is 336. The number of aryl methyl sites for hydroxylation is 1. The molecule has 1 heterocycles. The third-order valence-electron chi connectivity index (χ3n) is 2.84. The van der Waals surface area contributed by atoms with Crippen LogP contribution in [-0.2, 0) is 17.6 Å². The fourth-order valence-corrected chi connectivity index (χ4v) is 1.75. The Morgan fingerprint density at radius 1 is 1.44 bits per heavy atom. The van der Waals surface area contributed by atoms with Gasteiger partial charge >= 0.3 is 0 Å². The van der Waals surface area contributed by atoms with E-state index in [0.29, 0.717) is 19.6 Å². The Balaban J connectivity index is 2.42. The van der Waals surface area contributed by atoms with Gasteiger partial charge in [0.05, 0.1) is 12.2 Å². The second kappa shape index (κ2) is 7.46. The van der Waals surface area contributed by atoms with Gasteiger partial charge in [0.15, 0.2) is 0 Å². The summed E-state index contributed by atoms with van der Waals surface area (Å²) in [6.07, 6.45) is 3.42. The number of hydrogen-bond donors (Lipinski definition) is 2. The van der Waals surface area contributed by atoms with Crippen molar-refractivity contribution in [3.05, 3.63) is 29.6 Å². The molecule has 0 radical (unpaired) electrons. The van der Waals surface area contributed by atoms with E-state index in [0.717, 1.165) is 18.7 Å². The molecule has 0 bridgehead atoms. The molecule has 1 unspecified atom stereocenters. The molecule has 0 aromatic carbocycles. The zero-order chi connectivity index (χ0) is 13.4. The molecule has 0 amide bonds. The molecule has 0 aliphatic rings. The van der Waals surface area contributed by atoms with Gasteiger partial charge in [0.1, 0.15) is 0 Å². The summed E-state index contributed by atoms with van der Waals surface area (Å²) in [5.41, 5.74) is 1.36. The molecule has 1 aromatic rings. The summed E-state index contributed by atoms with van der Waals surface area (Å²) < 4.78 is 4.94. The fraction of sp³-hybridized carbons (Fsp3) is 0.643. The Hall–Kier alpha value is -0.970. The Kier molecular flexibility index (Phi) is 6.25. The maximum absolute atomic E-state index is 10.3. The van der Waals surface area contributed by atoms with Crippen LogP contribution < -0.4 is 5.32 Å². The molecule has 1 atom stereocenters. The second-order valence-electron chi connectivity index (χ2n) is 4.85. The maximum atomic E-state index is 10.3. The van der Waals surface area contributed by atoms with Crippen molar-refractivity contribution in [1.29, 1.82) is 0 Å². The molecule has 0 saturated heterocycles. The first-order chi connectivity index (χ1) is 8.57. The van der Waals surface area contributed by atoms with Crippen molar-refractivity contribution in [2.45, 2.75) is 32.3 Å². The average Bonchev–Trinajstić information content (AvgIpc) is 2.35. The van der Waals surface area contributed by atoms with E-state index in [2.05, 4.69) is 23.3 Å². The Morgan fingerprint density at radius 2 is 2.22 bits per heavy atom. The zero-order valence-corrected chi connectivity index (χ0v) is 11.6. The lowest BCUT2D eigenvalue weighted by Crippen LogP contribution is -2.41. The van der Waals surface area contributed by atoms with E-state index in [4.69, 9.17) is 4.74 Å². The van der Waals surface area contributed by atoms with Crippen LogP contribution in [0.4, 0.5) is 0 Å². The lowest BCUT2D eigenvalue weighted by Gasteiger charge is -2.23. The van der Waals surface area contributed by atoms with Gasteiger partial charge in [0.25, 0.3) is 0 Å². The fourth-order valence-electron chi connectivity index (χ4n) is 1.75. The number of rotatable bonds is 8. The summed E-state index contributed by atoms with van der Waals surface area (Å²) in [6, 6.07) is 4.05. The highest BCUT2D eigenvalue weighted by molar-refractivity contribution is 5.15. The molecule has 1 rings (SSSR count). The number of aromatic nitrogens is 1. The van der Waals surface area contributed by atoms with Crippen LogP contribution in [0.2, 0.25) is 0 Å². The van der Waals surface area contributed by atoms with Crippen molar-refractivity contribution < 1.29 is 9.84 Å². The average molecular weight is 252 g/mol. The van der Waals surface area contributed by atoms with E-state index in [1.165, 1.54) is 5.56 Å². The monoisotopic (exact) mass is 252 g/mol. The van der Waals surface area contributed by atoms with Crippen molar-refractivity contribution in [2.24, 2.45) is 0 Å². The van der Waals surface area contributed by atoms with Gasteiger partial charge in [-0.05, 0) is 25.0 Å². The molecule has 18 heavy (non-hydrogen) atoms. The van der Waals surface area contributed by atoms with Gasteiger partial charge < -0.3 is 15.2 Å². The van der Waals surface area contributed by atoms with Crippen LogP contribution in [-0.4, -0.2) is 42.5 Å². The zero-order valence-electron chi connectivity index (χ0n) is 11.6. The lowest BCUT2D eigenvalue weighted by molar-refractivity contribution is 0.0572. The van der Waals surface area contributed by atoms with Crippen molar-refractivity contribution in [1.82, 2.24) is 10.3 Å². The summed E-state index contributed by atoms with van der Waals surface area (Å²) >= 11 is 0. The van der Waals surface area contributed by atoms with Gasteiger partial charge in [-0.3, -0.25) is 4.98 Å². The summed E-state index contributed by atoms with van der Waals surface area (Å²) in [7, 11) is 1.67. The van der Waals surface area contributed by atoms with Crippen molar-refractivity contribution in [3.8, 4) is 0 Å². The number of aliphatic hydroxyl groups is 1. The van der Waals surface area contributed by atoms with E-state index in [-0.39, 0.29) is 0 Å². The van der Waals surface area contributed by atoms with Crippen LogP contribution in [0.3, 0.4) is 0 Å². The normalized spacial score (nSPS) is 14.4. The molecule has 0 saturated carbocycles. The van der Waals surface area contributed by atoms with Crippen molar-refractivity contribution in [3.63, 3.8) is 0 Å². The maximum Gasteiger partial charge on any atom is 0.0798 e. The molecule has 2 N–H and O–H groups in total. The number of hydrogen-bond acceptors (Lipinski definition) is 4. The molecule has 4 heteroatoms. The third-order valence-corrected chi connectivity index (χ3v) is 2.84. The quantitative estimate of drug-likeness (QED) is 0.682. The van der Waals surface area contributed by atoms with E-state index in [1.807, 2.05) is 19.2 Å². The minimum Gasteiger partial charge on any atom is -0.388 e. The summed E-state index contributed by atoms with van der Waals surface area (Å²) in [5.74, 6) is 0. The topological polar surface area (TPSA) is 54.4 Å². The number of nitrogens with one attached hydrogen (secondary N) is 1. The Morgan fingerprint density at radius 3 is 2.78 bits per heavy atom. The molecule has 0 aliphatic carbocycles. The molecule has 0 spiro atoms. The van der Waals surface area contributed by atoms with Crippen molar-refractivity contribution >= 4 is 0 Å². The minimum absolute atomic E-state index is 0.535. The van der Waals surface area contributed by atoms with E-state index in [1.54, 1.807) is 7.11 Å². The van der Waals surface area contributed by atoms with E-state index >= 15 is 0 Å². The van der Waals surface area contributed by atoms with Gasteiger partial charge in [-0.1, -0.05) is 13.0 Å². The van der Waals surface area contributed by atoms with Gasteiger partial charge in [-0.15, -0.1) is 0 Å². The predicted octanol–water partition coefficient (Wildman–Crippen LogP) is 1.17. The lowest BCUT2D eigenvalue weighted by atomic mass is 9.99. The number of ether oxygens (including phenoxy) is 1. The first-order valence-electron chi connectivity index (χ1n) is 6.43. The van der Waals surface area contributed by atoms with E-state index in [9.17, 15) is 5.11 Å². The van der Waals surface area contributed by atoms with Crippen LogP contribution in [0.25, 0.3) is 0 Å². The molecule has 1 aromatic heterocycles. The van der Waals surface area contributed by atoms with Gasteiger partial charge in [0.2, 0.25) is 0 Å². The van der Waals surface area contributed by atoms with Gasteiger partial charge in [0, 0.05) is 38.5 Å². The highest BCUT2D eigenvalue weighted by Crippen LogP contribution is 2.11. The van der Waals surface area contributed by atoms with Crippen LogP contribution in [0.15, 0.2) is 18.3 Å². The first-order valence-corrected chi connectivity index (χ1v) is 6.43. The SMILES string of the molecule is CCc1ccc(CC(C)(O)CNCCOC)nc1. The third kappa shape index (κ3) is 5.58. The number of pyridine rings is 1. The molecular formula is C14H24N2O2. The smallest absolute Gasteiger partial charge is 0.0798 e. The molecule has 102 valence electrons. The largest absolute Gasteiger partial charge is 0.388 e. The first kappa shape index (κ1) is 15.1. The van der Waals surface area contributed by atoms with Crippen LogP contribution >= 0.6 is 0 Å². The molecular weight excluding hydrogens is 228 g/mol. The number of methoxy groups -OCH3 is 1. The van der Waals surface area contributed by atoms with Crippen LogP contribution in [0.1, 0.15) is 25.1 Å². The second-order valence-corrected chi connectivity index (χ2v) is 4.85. The molecule has 0 fully saturated rings. The standard InChI is InChI=1S/C14H24N2O2/c1-4-12-5-6-13(16-10-12)9-14(2,17)11-15-7-8-18-3/h5-6,10,15,17H,4,7-9,11H2,1-3H3. The summed E-state index contributed by atoms with van der Waals surface area (Å²) in [6.45, 7) is 5.86. The minimum atomic E-state index is -0.783. The van der Waals surface area contributed by atoms with Crippen LogP contribution in [0, 0.1) is 0 Å². The molecule has 4 nitrogen and oxygen atoms in total. The highest BCUT2D eigenvalue weighted by Gasteiger charge is 2.20. The summed E-state index contributed by atoms with van der Waals surface area (Å²) in [5, 5.41) is 13.4. The Labute approximate surface area is 109 Å².